The molecule has 3 aromatic rings. The standard InChI is InChI=1S/C25H25F5N8O2/c26-23(27,25(28,29)30)9-11-38-20-14(6-3-10-32-20)16(37-38)19-34-17(31)15-18(35-19)36-22(40)24(15,12-4-1-2-5-12)21(39)33-13-7-8-13/h3,6,10,12-13H,1-2,4-5,7-9,11H2,(H,33,39)(H3,31,34,35,36,40). The molecular weight excluding hydrogens is 539 g/mol. The van der Waals surface area contributed by atoms with Gasteiger partial charge < -0.3 is 16.4 Å². The van der Waals surface area contributed by atoms with Crippen molar-refractivity contribution in [2.24, 2.45) is 5.92 Å². The van der Waals surface area contributed by atoms with Crippen LogP contribution in [0.5, 0.6) is 0 Å². The number of hydrogen-bond donors (Lipinski definition) is 3. The van der Waals surface area contributed by atoms with E-state index >= 15 is 0 Å². The van der Waals surface area contributed by atoms with Crippen molar-refractivity contribution in [2.45, 2.75) is 75.0 Å². The van der Waals surface area contributed by atoms with Crippen LogP contribution >= 0.6 is 0 Å². The number of halogens is 5. The molecule has 6 rings (SSSR count). The van der Waals surface area contributed by atoms with Crippen LogP contribution in [0, 0.1) is 5.92 Å². The Hall–Kier alpha value is -3.91. The van der Waals surface area contributed by atoms with Gasteiger partial charge in [-0.2, -0.15) is 27.1 Å². The topological polar surface area (TPSA) is 141 Å². The zero-order valence-electron chi connectivity index (χ0n) is 21.1. The lowest BCUT2D eigenvalue weighted by atomic mass is 9.69. The van der Waals surface area contributed by atoms with Crippen molar-refractivity contribution in [2.75, 3.05) is 11.1 Å². The van der Waals surface area contributed by atoms with E-state index in [9.17, 15) is 31.5 Å². The van der Waals surface area contributed by atoms with E-state index in [0.29, 0.717) is 12.8 Å². The first kappa shape index (κ1) is 26.3. The third-order valence-electron chi connectivity index (χ3n) is 7.93. The summed E-state index contributed by atoms with van der Waals surface area (Å²) in [6, 6.07) is 3.07. The predicted molar refractivity (Wildman–Crippen MR) is 132 cm³/mol. The second-order valence-corrected chi connectivity index (χ2v) is 10.5. The minimum Gasteiger partial charge on any atom is -0.383 e. The maximum atomic E-state index is 13.6. The van der Waals surface area contributed by atoms with Crippen LogP contribution < -0.4 is 16.4 Å². The normalized spacial score (nSPS) is 21.6. The Bertz CT molecular complexity index is 1510. The molecule has 4 heterocycles. The van der Waals surface area contributed by atoms with Crippen molar-refractivity contribution in [3.8, 4) is 11.5 Å². The largest absolute Gasteiger partial charge is 0.453 e. The average molecular weight is 565 g/mol. The number of aromatic nitrogens is 5. The number of nitrogens with zero attached hydrogens (tertiary/aromatic N) is 5. The summed E-state index contributed by atoms with van der Waals surface area (Å²) in [5, 5.41) is 10.1. The Labute approximate surface area is 223 Å². The highest BCUT2D eigenvalue weighted by Gasteiger charge is 2.61. The maximum Gasteiger partial charge on any atom is 0.453 e. The molecule has 2 amide bonds. The van der Waals surface area contributed by atoms with Gasteiger partial charge in [0.25, 0.3) is 0 Å². The van der Waals surface area contributed by atoms with Crippen molar-refractivity contribution in [3.05, 3.63) is 23.9 Å². The summed E-state index contributed by atoms with van der Waals surface area (Å²) in [4.78, 5) is 40.1. The number of amides is 2. The summed E-state index contributed by atoms with van der Waals surface area (Å²) < 4.78 is 66.4. The van der Waals surface area contributed by atoms with E-state index in [1.165, 1.54) is 12.3 Å². The molecule has 2 saturated carbocycles. The van der Waals surface area contributed by atoms with Gasteiger partial charge in [0.2, 0.25) is 11.8 Å². The van der Waals surface area contributed by atoms with Gasteiger partial charge in [-0.15, -0.1) is 0 Å². The van der Waals surface area contributed by atoms with Crippen LogP contribution in [0.2, 0.25) is 0 Å². The number of nitrogens with two attached hydrogens (primary N) is 1. The first-order valence-corrected chi connectivity index (χ1v) is 13.0. The molecule has 212 valence electrons. The number of alkyl halides is 5. The molecule has 1 atom stereocenters. The molecule has 0 saturated heterocycles. The molecular formula is C25H25F5N8O2. The van der Waals surface area contributed by atoms with E-state index in [2.05, 4.69) is 30.7 Å². The molecule has 15 heteroatoms. The van der Waals surface area contributed by atoms with Crippen LogP contribution in [-0.2, 0) is 21.5 Å². The molecule has 0 radical (unpaired) electrons. The molecule has 4 N–H and O–H groups in total. The number of anilines is 2. The molecule has 2 fully saturated rings. The van der Waals surface area contributed by atoms with Gasteiger partial charge in [0.1, 0.15) is 17.3 Å². The lowest BCUT2D eigenvalue weighted by molar-refractivity contribution is -0.285. The average Bonchev–Trinajstić information content (AvgIpc) is 3.28. The van der Waals surface area contributed by atoms with Crippen molar-refractivity contribution in [1.29, 1.82) is 0 Å². The number of nitrogen functional groups attached to an aromatic ring is 1. The number of fused-ring (bicyclic) bond motifs is 2. The van der Waals surface area contributed by atoms with Crippen molar-refractivity contribution < 1.29 is 31.5 Å². The smallest absolute Gasteiger partial charge is 0.383 e. The summed E-state index contributed by atoms with van der Waals surface area (Å²) in [7, 11) is 0. The van der Waals surface area contributed by atoms with Crippen molar-refractivity contribution in [1.82, 2.24) is 30.0 Å². The van der Waals surface area contributed by atoms with Crippen LogP contribution in [0.3, 0.4) is 0 Å². The fourth-order valence-corrected chi connectivity index (χ4v) is 5.78. The van der Waals surface area contributed by atoms with E-state index in [0.717, 1.165) is 30.4 Å². The first-order chi connectivity index (χ1) is 18.9. The molecule has 3 aliphatic rings. The van der Waals surface area contributed by atoms with Gasteiger partial charge in [-0.05, 0) is 43.7 Å². The van der Waals surface area contributed by atoms with Crippen molar-refractivity contribution in [3.63, 3.8) is 0 Å². The lowest BCUT2D eigenvalue weighted by Crippen LogP contribution is -2.54. The second kappa shape index (κ2) is 9.06. The third-order valence-corrected chi connectivity index (χ3v) is 7.93. The molecule has 0 bridgehead atoms. The summed E-state index contributed by atoms with van der Waals surface area (Å²) >= 11 is 0. The molecule has 40 heavy (non-hydrogen) atoms. The van der Waals surface area contributed by atoms with Gasteiger partial charge >= 0.3 is 12.1 Å². The van der Waals surface area contributed by atoms with Gasteiger partial charge in [-0.3, -0.25) is 9.59 Å². The molecule has 3 aromatic heterocycles. The Balaban J connectivity index is 1.42. The SMILES string of the molecule is Nc1nc(-c2nn(CCC(F)(F)C(F)(F)F)c3ncccc23)nc2c1C(C(=O)NC1CC1)(C1CCCC1)C(=O)N2. The fraction of sp³-hybridized carbons (Fsp3) is 0.520. The highest BCUT2D eigenvalue weighted by molar-refractivity contribution is 6.21. The number of rotatable bonds is 7. The van der Waals surface area contributed by atoms with Crippen LogP contribution in [-0.4, -0.2) is 54.7 Å². The van der Waals surface area contributed by atoms with E-state index in [1.54, 1.807) is 6.07 Å². The zero-order chi connectivity index (χ0) is 28.4. The minimum atomic E-state index is -5.71. The number of hydrogen-bond acceptors (Lipinski definition) is 7. The molecule has 2 aliphatic carbocycles. The van der Waals surface area contributed by atoms with Crippen LogP contribution in [0.4, 0.5) is 33.6 Å². The third kappa shape index (κ3) is 4.04. The van der Waals surface area contributed by atoms with E-state index < -0.39 is 42.3 Å². The molecule has 1 aliphatic heterocycles. The van der Waals surface area contributed by atoms with E-state index in [1.807, 2.05) is 0 Å². The monoisotopic (exact) mass is 564 g/mol. The number of pyridine rings is 1. The van der Waals surface area contributed by atoms with Gasteiger partial charge in [-0.25, -0.2) is 19.6 Å². The highest BCUT2D eigenvalue weighted by Crippen LogP contribution is 2.51. The first-order valence-electron chi connectivity index (χ1n) is 13.0. The predicted octanol–water partition coefficient (Wildman–Crippen LogP) is 3.72. The Morgan fingerprint density at radius 3 is 2.55 bits per heavy atom. The van der Waals surface area contributed by atoms with E-state index in [4.69, 9.17) is 5.73 Å². The minimum absolute atomic E-state index is 0.00315. The van der Waals surface area contributed by atoms with Crippen LogP contribution in [0.25, 0.3) is 22.6 Å². The number of aryl methyl sites for hydroxylation is 1. The van der Waals surface area contributed by atoms with E-state index in [-0.39, 0.29) is 51.7 Å². The Morgan fingerprint density at radius 1 is 1.15 bits per heavy atom. The molecule has 10 nitrogen and oxygen atoms in total. The fourth-order valence-electron chi connectivity index (χ4n) is 5.78. The van der Waals surface area contributed by atoms with Gasteiger partial charge in [0, 0.05) is 25.2 Å². The summed E-state index contributed by atoms with van der Waals surface area (Å²) in [5.74, 6) is -6.39. The molecule has 0 spiro atoms. The number of carbonyl (C=O) groups is 2. The summed E-state index contributed by atoms with van der Waals surface area (Å²) in [6.07, 6.45) is -1.26. The van der Waals surface area contributed by atoms with Crippen LogP contribution in [0.1, 0.15) is 50.5 Å². The van der Waals surface area contributed by atoms with Crippen molar-refractivity contribution >= 4 is 34.5 Å². The number of nitrogens with one attached hydrogen (secondary N) is 2. The lowest BCUT2D eigenvalue weighted by Gasteiger charge is -2.32. The molecule has 0 aromatic carbocycles. The molecule has 1 unspecified atom stereocenters. The van der Waals surface area contributed by atoms with Gasteiger partial charge in [-0.1, -0.05) is 12.8 Å². The second-order valence-electron chi connectivity index (χ2n) is 10.5. The van der Waals surface area contributed by atoms with Gasteiger partial charge in [0.15, 0.2) is 16.9 Å². The maximum absolute atomic E-state index is 13.6. The summed E-state index contributed by atoms with van der Waals surface area (Å²) in [5.41, 5.74) is 5.09. The quantitative estimate of drug-likeness (QED) is 0.294. The highest BCUT2D eigenvalue weighted by atomic mass is 19.4. The number of carbonyl (C=O) groups excluding carboxylic acids is 2. The summed E-state index contributed by atoms with van der Waals surface area (Å²) in [6.45, 7) is -0.788. The zero-order valence-corrected chi connectivity index (χ0v) is 21.1. The Morgan fingerprint density at radius 2 is 1.88 bits per heavy atom. The Kier molecular flexibility index (Phi) is 5.96. The van der Waals surface area contributed by atoms with Crippen LogP contribution in [0.15, 0.2) is 18.3 Å². The van der Waals surface area contributed by atoms with Gasteiger partial charge in [0.05, 0.1) is 10.9 Å².